The summed E-state index contributed by atoms with van der Waals surface area (Å²) in [4.78, 5) is 25.0. The Balaban J connectivity index is 1.67. The fraction of sp³-hybridized carbons (Fsp3) is 0.273. The van der Waals surface area contributed by atoms with Crippen molar-refractivity contribution in [1.29, 1.82) is 0 Å². The summed E-state index contributed by atoms with van der Waals surface area (Å²) >= 11 is 13.2. The van der Waals surface area contributed by atoms with E-state index in [1.807, 2.05) is 6.92 Å². The molecule has 1 atom stereocenters. The van der Waals surface area contributed by atoms with E-state index in [9.17, 15) is 14.7 Å². The van der Waals surface area contributed by atoms with Crippen LogP contribution in [0.3, 0.4) is 0 Å². The quantitative estimate of drug-likeness (QED) is 0.345. The third kappa shape index (κ3) is 6.41. The van der Waals surface area contributed by atoms with E-state index in [-0.39, 0.29) is 24.2 Å². The van der Waals surface area contributed by atoms with Gasteiger partial charge in [-0.1, -0.05) is 35.0 Å². The molecule has 34 heavy (non-hydrogen) atoms. The van der Waals surface area contributed by atoms with Crippen molar-refractivity contribution in [1.82, 2.24) is 20.1 Å². The first-order valence-electron chi connectivity index (χ1n) is 10.2. The van der Waals surface area contributed by atoms with Gasteiger partial charge in [-0.2, -0.15) is 0 Å². The van der Waals surface area contributed by atoms with Crippen molar-refractivity contribution in [3.63, 3.8) is 0 Å². The zero-order valence-electron chi connectivity index (χ0n) is 18.4. The van der Waals surface area contributed by atoms with Crippen LogP contribution in [0, 0.1) is 0 Å². The minimum atomic E-state index is -0.782. The molecule has 1 aromatic heterocycles. The standard InChI is InChI=1S/C22H23Cl2N5O4S/c1-3-29-20(18(11-30)26-21(32)13-4-7-15(33-2)8-5-13)27-28-22(29)34-12-19(31)25-17-10-14(23)6-9-16(17)24/h4-10,18,30H,3,11-12H2,1-2H3,(H,25,31)(H,26,32)/t18-/m1/s1. The van der Waals surface area contributed by atoms with Crippen LogP contribution in [-0.4, -0.2) is 51.2 Å². The van der Waals surface area contributed by atoms with Crippen LogP contribution < -0.4 is 15.4 Å². The highest BCUT2D eigenvalue weighted by Crippen LogP contribution is 2.26. The maximum absolute atomic E-state index is 12.6. The second kappa shape index (κ2) is 12.1. The minimum absolute atomic E-state index is 0.0446. The average Bonchev–Trinajstić information content (AvgIpc) is 3.26. The molecule has 0 aliphatic carbocycles. The van der Waals surface area contributed by atoms with Gasteiger partial charge in [-0.05, 0) is 49.4 Å². The number of hydrogen-bond donors (Lipinski definition) is 3. The molecule has 1 heterocycles. The molecule has 0 aliphatic rings. The van der Waals surface area contributed by atoms with Gasteiger partial charge in [0.2, 0.25) is 5.91 Å². The summed E-state index contributed by atoms with van der Waals surface area (Å²) in [6.07, 6.45) is 0. The summed E-state index contributed by atoms with van der Waals surface area (Å²) in [5.74, 6) is 0.382. The van der Waals surface area contributed by atoms with Crippen molar-refractivity contribution in [3.05, 3.63) is 63.9 Å². The maximum atomic E-state index is 12.6. The zero-order valence-corrected chi connectivity index (χ0v) is 20.7. The first-order chi connectivity index (χ1) is 16.4. The molecule has 3 rings (SSSR count). The molecular formula is C22H23Cl2N5O4S. The van der Waals surface area contributed by atoms with Gasteiger partial charge < -0.3 is 25.0 Å². The third-order valence-electron chi connectivity index (χ3n) is 4.75. The predicted molar refractivity (Wildman–Crippen MR) is 132 cm³/mol. The van der Waals surface area contributed by atoms with Gasteiger partial charge in [0.1, 0.15) is 11.8 Å². The van der Waals surface area contributed by atoms with Gasteiger partial charge in [0.05, 0.1) is 30.2 Å². The summed E-state index contributed by atoms with van der Waals surface area (Å²) in [5, 5.41) is 25.0. The topological polar surface area (TPSA) is 118 Å². The third-order valence-corrected chi connectivity index (χ3v) is 6.28. The molecular weight excluding hydrogens is 501 g/mol. The fourth-order valence-corrected chi connectivity index (χ4v) is 4.19. The Morgan fingerprint density at radius 3 is 2.56 bits per heavy atom. The Morgan fingerprint density at radius 2 is 1.91 bits per heavy atom. The molecule has 0 radical (unpaired) electrons. The number of benzene rings is 2. The van der Waals surface area contributed by atoms with Crippen molar-refractivity contribution < 1.29 is 19.4 Å². The fourth-order valence-electron chi connectivity index (χ4n) is 3.05. The summed E-state index contributed by atoms with van der Waals surface area (Å²) in [6.45, 7) is 1.97. The average molecular weight is 524 g/mol. The smallest absolute Gasteiger partial charge is 0.251 e. The van der Waals surface area contributed by atoms with Gasteiger partial charge in [0.25, 0.3) is 5.91 Å². The Hall–Kier alpha value is -2.79. The number of ether oxygens (including phenoxy) is 1. The number of amides is 2. The lowest BCUT2D eigenvalue weighted by Crippen LogP contribution is -2.32. The number of anilines is 1. The van der Waals surface area contributed by atoms with Gasteiger partial charge in [-0.15, -0.1) is 10.2 Å². The molecule has 180 valence electrons. The van der Waals surface area contributed by atoms with Crippen LogP contribution in [0.15, 0.2) is 47.6 Å². The molecule has 2 amide bonds. The number of halogens is 2. The first-order valence-corrected chi connectivity index (χ1v) is 12.0. The molecule has 2 aromatic carbocycles. The molecule has 3 aromatic rings. The normalized spacial score (nSPS) is 11.7. The molecule has 3 N–H and O–H groups in total. The monoisotopic (exact) mass is 523 g/mol. The van der Waals surface area contributed by atoms with Crippen LogP contribution in [-0.2, 0) is 11.3 Å². The van der Waals surface area contributed by atoms with E-state index in [0.717, 1.165) is 0 Å². The highest BCUT2D eigenvalue weighted by molar-refractivity contribution is 7.99. The van der Waals surface area contributed by atoms with Crippen molar-refractivity contribution in [2.75, 3.05) is 24.8 Å². The zero-order chi connectivity index (χ0) is 24.7. The minimum Gasteiger partial charge on any atom is -0.497 e. The Morgan fingerprint density at radius 1 is 1.18 bits per heavy atom. The summed E-state index contributed by atoms with van der Waals surface area (Å²) in [5.41, 5.74) is 0.826. The molecule has 0 spiro atoms. The Kier molecular flexibility index (Phi) is 9.17. The van der Waals surface area contributed by atoms with Crippen LogP contribution >= 0.6 is 35.0 Å². The maximum Gasteiger partial charge on any atom is 0.251 e. The molecule has 0 saturated heterocycles. The van der Waals surface area contributed by atoms with Crippen molar-refractivity contribution in [2.45, 2.75) is 24.7 Å². The number of aliphatic hydroxyl groups is 1. The Bertz CT molecular complexity index is 1160. The number of aliphatic hydroxyl groups excluding tert-OH is 1. The van der Waals surface area contributed by atoms with Crippen LogP contribution in [0.2, 0.25) is 10.0 Å². The van der Waals surface area contributed by atoms with E-state index < -0.39 is 6.04 Å². The lowest BCUT2D eigenvalue weighted by molar-refractivity contribution is -0.113. The molecule has 0 bridgehead atoms. The van der Waals surface area contributed by atoms with Gasteiger partial charge in [-0.25, -0.2) is 0 Å². The molecule has 12 heteroatoms. The van der Waals surface area contributed by atoms with Gasteiger partial charge in [-0.3, -0.25) is 9.59 Å². The van der Waals surface area contributed by atoms with Crippen molar-refractivity contribution >= 4 is 52.5 Å². The SMILES string of the molecule is CCn1c(SCC(=O)Nc2cc(Cl)ccc2Cl)nnc1[C@@H](CO)NC(=O)c1ccc(OC)cc1. The second-order valence-corrected chi connectivity index (χ2v) is 8.77. The van der Waals surface area contributed by atoms with Crippen molar-refractivity contribution in [3.8, 4) is 5.75 Å². The van der Waals surface area contributed by atoms with Crippen molar-refractivity contribution in [2.24, 2.45) is 0 Å². The Labute approximate surface area is 210 Å². The molecule has 9 nitrogen and oxygen atoms in total. The number of hydrogen-bond acceptors (Lipinski definition) is 7. The molecule has 0 fully saturated rings. The highest BCUT2D eigenvalue weighted by Gasteiger charge is 2.23. The largest absolute Gasteiger partial charge is 0.497 e. The van der Waals surface area contributed by atoms with E-state index in [4.69, 9.17) is 27.9 Å². The van der Waals surface area contributed by atoms with Crippen LogP contribution in [0.25, 0.3) is 0 Å². The van der Waals surface area contributed by atoms with Crippen LogP contribution in [0.1, 0.15) is 29.1 Å². The number of thioether (sulfide) groups is 1. The number of nitrogens with zero attached hydrogens (tertiary/aromatic N) is 3. The number of carbonyl (C=O) groups excluding carboxylic acids is 2. The lowest BCUT2D eigenvalue weighted by atomic mass is 10.2. The summed E-state index contributed by atoms with van der Waals surface area (Å²) in [6, 6.07) is 10.6. The number of nitrogens with one attached hydrogen (secondary N) is 2. The first kappa shape index (κ1) is 25.8. The van der Waals surface area contributed by atoms with Gasteiger partial charge in [0, 0.05) is 17.1 Å². The highest BCUT2D eigenvalue weighted by atomic mass is 35.5. The van der Waals surface area contributed by atoms with E-state index in [1.165, 1.54) is 11.8 Å². The van der Waals surface area contributed by atoms with E-state index in [1.54, 1.807) is 54.1 Å². The predicted octanol–water partition coefficient (Wildman–Crippen LogP) is 3.81. The number of methoxy groups -OCH3 is 1. The van der Waals surface area contributed by atoms with Crippen LogP contribution in [0.5, 0.6) is 5.75 Å². The van der Waals surface area contributed by atoms with Gasteiger partial charge in [0.15, 0.2) is 11.0 Å². The molecule has 0 saturated carbocycles. The second-order valence-electron chi connectivity index (χ2n) is 6.98. The lowest BCUT2D eigenvalue weighted by Gasteiger charge is -2.17. The van der Waals surface area contributed by atoms with E-state index in [0.29, 0.717) is 44.6 Å². The number of carbonyl (C=O) groups is 2. The van der Waals surface area contributed by atoms with E-state index >= 15 is 0 Å². The number of rotatable bonds is 10. The number of aromatic nitrogens is 3. The van der Waals surface area contributed by atoms with Crippen LogP contribution in [0.4, 0.5) is 5.69 Å². The summed E-state index contributed by atoms with van der Waals surface area (Å²) in [7, 11) is 1.54. The molecule has 0 unspecified atom stereocenters. The van der Waals surface area contributed by atoms with Gasteiger partial charge >= 0.3 is 0 Å². The molecule has 0 aliphatic heterocycles. The van der Waals surface area contributed by atoms with E-state index in [2.05, 4.69) is 20.8 Å². The summed E-state index contributed by atoms with van der Waals surface area (Å²) < 4.78 is 6.84.